The molecule has 1 aromatic heterocycles. The summed E-state index contributed by atoms with van der Waals surface area (Å²) in [5, 5.41) is 0. The van der Waals surface area contributed by atoms with Crippen LogP contribution in [-0.4, -0.2) is 24.9 Å². The fraction of sp³-hybridized carbons (Fsp3) is 0.100. The second-order valence-electron chi connectivity index (χ2n) is 5.61. The first-order valence-electron chi connectivity index (χ1n) is 7.79. The molecule has 3 aromatic rings. The van der Waals surface area contributed by atoms with Crippen molar-refractivity contribution in [2.45, 2.75) is 0 Å². The number of para-hydroxylation sites is 1. The van der Waals surface area contributed by atoms with E-state index in [-0.39, 0.29) is 0 Å². The number of fused-ring (bicyclic) bond motifs is 2. The summed E-state index contributed by atoms with van der Waals surface area (Å²) < 4.78 is 5.27. The number of hydrogen-bond acceptors (Lipinski definition) is 4. The van der Waals surface area contributed by atoms with Crippen molar-refractivity contribution in [3.05, 3.63) is 78.0 Å². The Morgan fingerprint density at radius 1 is 0.917 bits per heavy atom. The number of nitrogens with zero attached hydrogens (tertiary/aromatic N) is 3. The highest BCUT2D eigenvalue weighted by Gasteiger charge is 2.21. The van der Waals surface area contributed by atoms with E-state index in [0.717, 1.165) is 39.8 Å². The van der Waals surface area contributed by atoms with Gasteiger partial charge >= 0.3 is 0 Å². The zero-order valence-electron chi connectivity index (χ0n) is 13.6. The quantitative estimate of drug-likeness (QED) is 0.706. The Morgan fingerprint density at radius 2 is 1.71 bits per heavy atom. The first-order valence-corrected chi connectivity index (χ1v) is 7.79. The number of rotatable bonds is 2. The van der Waals surface area contributed by atoms with Crippen LogP contribution in [0.3, 0.4) is 0 Å². The summed E-state index contributed by atoms with van der Waals surface area (Å²) in [7, 11) is 3.70. The molecule has 0 bridgehead atoms. The maximum Gasteiger partial charge on any atom is 0.158 e. The molecule has 0 saturated carbocycles. The molecule has 0 fully saturated rings. The van der Waals surface area contributed by atoms with E-state index < -0.39 is 0 Å². The summed E-state index contributed by atoms with van der Waals surface area (Å²) in [6.45, 7) is 0. The van der Waals surface area contributed by atoms with Gasteiger partial charge in [-0.1, -0.05) is 18.2 Å². The van der Waals surface area contributed by atoms with E-state index in [9.17, 15) is 0 Å². The van der Waals surface area contributed by atoms with Gasteiger partial charge in [0.25, 0.3) is 0 Å². The molecular weight excluding hydrogens is 298 g/mol. The Kier molecular flexibility index (Phi) is 3.50. The van der Waals surface area contributed by atoms with Crippen molar-refractivity contribution in [3.8, 4) is 5.75 Å². The molecule has 4 heteroatoms. The van der Waals surface area contributed by atoms with Crippen molar-refractivity contribution in [3.63, 3.8) is 0 Å². The van der Waals surface area contributed by atoms with E-state index in [1.54, 1.807) is 13.3 Å². The second-order valence-corrected chi connectivity index (χ2v) is 5.61. The van der Waals surface area contributed by atoms with Crippen LogP contribution in [0, 0.1) is 0 Å². The monoisotopic (exact) mass is 315 g/mol. The third-order valence-electron chi connectivity index (χ3n) is 4.20. The fourth-order valence-corrected chi connectivity index (χ4v) is 2.96. The van der Waals surface area contributed by atoms with Gasteiger partial charge in [-0.25, -0.2) is 9.98 Å². The van der Waals surface area contributed by atoms with Crippen molar-refractivity contribution in [2.24, 2.45) is 4.99 Å². The molecule has 0 radical (unpaired) electrons. The Hall–Kier alpha value is -3.14. The van der Waals surface area contributed by atoms with Gasteiger partial charge in [-0.15, -0.1) is 0 Å². The Balaban J connectivity index is 1.96. The minimum Gasteiger partial charge on any atom is -0.497 e. The summed E-state index contributed by atoms with van der Waals surface area (Å²) in [5.74, 6) is 1.69. The van der Waals surface area contributed by atoms with Crippen LogP contribution >= 0.6 is 0 Å². The minimum atomic E-state index is 0.834. The Bertz CT molecular complexity index is 916. The van der Waals surface area contributed by atoms with Crippen LogP contribution in [0.4, 0.5) is 17.2 Å². The number of benzene rings is 2. The average Bonchev–Trinajstić information content (AvgIpc) is 2.78. The Labute approximate surface area is 141 Å². The largest absolute Gasteiger partial charge is 0.497 e. The molecule has 1 aliphatic rings. The van der Waals surface area contributed by atoms with Gasteiger partial charge in [-0.05, 0) is 42.5 Å². The SMILES string of the molecule is COc1ccc(C2=Nc3cccnc3N(C)c3ccccc32)cc1. The lowest BCUT2D eigenvalue weighted by Crippen LogP contribution is -2.13. The zero-order valence-corrected chi connectivity index (χ0v) is 13.6. The number of aliphatic imine (C=N–C) groups is 1. The first-order chi connectivity index (χ1) is 11.8. The zero-order chi connectivity index (χ0) is 16.5. The van der Waals surface area contributed by atoms with Gasteiger partial charge in [0.05, 0.1) is 18.5 Å². The lowest BCUT2D eigenvalue weighted by atomic mass is 10.00. The number of ether oxygens (including phenoxy) is 1. The van der Waals surface area contributed by atoms with Crippen molar-refractivity contribution >= 4 is 22.9 Å². The molecule has 0 aliphatic carbocycles. The van der Waals surface area contributed by atoms with Crippen molar-refractivity contribution in [1.29, 1.82) is 0 Å². The molecule has 4 rings (SSSR count). The lowest BCUT2D eigenvalue weighted by molar-refractivity contribution is 0.415. The molecule has 0 amide bonds. The van der Waals surface area contributed by atoms with Crippen molar-refractivity contribution < 1.29 is 4.74 Å². The third kappa shape index (κ3) is 2.33. The molecule has 24 heavy (non-hydrogen) atoms. The fourth-order valence-electron chi connectivity index (χ4n) is 2.96. The molecule has 2 heterocycles. The highest BCUT2D eigenvalue weighted by molar-refractivity contribution is 6.18. The third-order valence-corrected chi connectivity index (χ3v) is 4.20. The standard InChI is InChI=1S/C20H17N3O/c1-23-18-8-4-3-6-16(18)19(14-9-11-15(24-2)12-10-14)22-17-7-5-13-21-20(17)23/h3-13H,1-2H3. The molecular formula is C20H17N3O. The summed E-state index contributed by atoms with van der Waals surface area (Å²) in [4.78, 5) is 11.5. The van der Waals surface area contributed by atoms with E-state index in [0.29, 0.717) is 0 Å². The molecule has 0 N–H and O–H groups in total. The van der Waals surface area contributed by atoms with Crippen LogP contribution in [-0.2, 0) is 0 Å². The van der Waals surface area contributed by atoms with E-state index in [1.807, 2.05) is 55.6 Å². The maximum atomic E-state index is 5.27. The number of methoxy groups -OCH3 is 1. The number of pyridine rings is 1. The van der Waals surface area contributed by atoms with Crippen LogP contribution in [0.5, 0.6) is 5.75 Å². The summed E-state index contributed by atoms with van der Waals surface area (Å²) in [6, 6.07) is 20.2. The van der Waals surface area contributed by atoms with E-state index in [1.165, 1.54) is 0 Å². The molecule has 0 spiro atoms. The molecule has 118 valence electrons. The van der Waals surface area contributed by atoms with Gasteiger partial charge in [0.15, 0.2) is 5.82 Å². The summed E-state index contributed by atoms with van der Waals surface area (Å²) in [6.07, 6.45) is 1.80. The highest BCUT2D eigenvalue weighted by Crippen LogP contribution is 2.37. The first kappa shape index (κ1) is 14.5. The van der Waals surface area contributed by atoms with Gasteiger partial charge in [0.2, 0.25) is 0 Å². The second kappa shape index (κ2) is 5.81. The van der Waals surface area contributed by atoms with E-state index in [2.05, 4.69) is 22.0 Å². The number of aromatic nitrogens is 1. The normalized spacial score (nSPS) is 12.8. The summed E-state index contributed by atoms with van der Waals surface area (Å²) >= 11 is 0. The topological polar surface area (TPSA) is 37.7 Å². The van der Waals surface area contributed by atoms with E-state index >= 15 is 0 Å². The van der Waals surface area contributed by atoms with Crippen molar-refractivity contribution in [2.75, 3.05) is 19.1 Å². The smallest absolute Gasteiger partial charge is 0.158 e. The molecule has 2 aromatic carbocycles. The van der Waals surface area contributed by atoms with Crippen LogP contribution < -0.4 is 9.64 Å². The van der Waals surface area contributed by atoms with Gasteiger partial charge in [0, 0.05) is 24.4 Å². The van der Waals surface area contributed by atoms with Crippen LogP contribution in [0.1, 0.15) is 11.1 Å². The molecule has 0 atom stereocenters. The molecule has 4 nitrogen and oxygen atoms in total. The van der Waals surface area contributed by atoms with Crippen molar-refractivity contribution in [1.82, 2.24) is 4.98 Å². The van der Waals surface area contributed by atoms with Gasteiger partial charge in [0.1, 0.15) is 11.4 Å². The number of anilines is 2. The highest BCUT2D eigenvalue weighted by atomic mass is 16.5. The lowest BCUT2D eigenvalue weighted by Gasteiger charge is -2.20. The number of hydrogen-bond donors (Lipinski definition) is 0. The van der Waals surface area contributed by atoms with Crippen LogP contribution in [0.25, 0.3) is 0 Å². The minimum absolute atomic E-state index is 0.834. The Morgan fingerprint density at radius 3 is 2.50 bits per heavy atom. The van der Waals surface area contributed by atoms with Gasteiger partial charge < -0.3 is 9.64 Å². The molecule has 0 saturated heterocycles. The van der Waals surface area contributed by atoms with Gasteiger partial charge in [-0.3, -0.25) is 0 Å². The average molecular weight is 315 g/mol. The van der Waals surface area contributed by atoms with Crippen LogP contribution in [0.2, 0.25) is 0 Å². The maximum absolute atomic E-state index is 5.27. The summed E-state index contributed by atoms with van der Waals surface area (Å²) in [5.41, 5.74) is 5.02. The molecule has 1 aliphatic heterocycles. The predicted molar refractivity (Wildman–Crippen MR) is 97.0 cm³/mol. The predicted octanol–water partition coefficient (Wildman–Crippen LogP) is 4.34. The molecule has 0 unspecified atom stereocenters. The van der Waals surface area contributed by atoms with E-state index in [4.69, 9.17) is 9.73 Å². The van der Waals surface area contributed by atoms with Gasteiger partial charge in [-0.2, -0.15) is 0 Å². The van der Waals surface area contributed by atoms with Crippen LogP contribution in [0.15, 0.2) is 71.9 Å².